The number of carboxylic acid groups (broad SMARTS) is 1. The normalized spacial score (nSPS) is 16.9. The predicted molar refractivity (Wildman–Crippen MR) is 58.2 cm³/mol. The molecule has 0 heterocycles. The number of ether oxygens (including phenoxy) is 1. The lowest BCUT2D eigenvalue weighted by Crippen LogP contribution is -2.19. The summed E-state index contributed by atoms with van der Waals surface area (Å²) in [7, 11) is 1.40. The Morgan fingerprint density at radius 3 is 2.56 bits per heavy atom. The maximum absolute atomic E-state index is 11.2. The summed E-state index contributed by atoms with van der Waals surface area (Å²) < 4.78 is 4.94. The molecule has 2 rings (SSSR count). The summed E-state index contributed by atoms with van der Waals surface area (Å²) in [6, 6.07) is 2.94. The van der Waals surface area contributed by atoms with Crippen LogP contribution < -0.4 is 4.74 Å². The van der Waals surface area contributed by atoms with Crippen molar-refractivity contribution >= 4 is 17.6 Å². The van der Waals surface area contributed by atoms with Crippen LogP contribution >= 0.6 is 11.6 Å². The fourth-order valence-electron chi connectivity index (χ4n) is 1.82. The largest absolute Gasteiger partial charge is 0.504 e. The monoisotopic (exact) mass is 242 g/mol. The number of carbonyl (C=O) groups is 1. The second kappa shape index (κ2) is 3.56. The third kappa shape index (κ3) is 1.50. The molecule has 0 bridgehead atoms. The Morgan fingerprint density at radius 2 is 2.12 bits per heavy atom. The molecule has 1 aromatic carbocycles. The van der Waals surface area contributed by atoms with Gasteiger partial charge in [0.05, 0.1) is 12.5 Å². The molecular weight excluding hydrogens is 232 g/mol. The molecule has 16 heavy (non-hydrogen) atoms. The van der Waals surface area contributed by atoms with E-state index in [1.807, 2.05) is 0 Å². The molecular formula is C11H11ClO4. The van der Waals surface area contributed by atoms with Gasteiger partial charge in [0.2, 0.25) is 0 Å². The first kappa shape index (κ1) is 11.1. The van der Waals surface area contributed by atoms with Crippen LogP contribution in [0.4, 0.5) is 0 Å². The highest BCUT2D eigenvalue weighted by atomic mass is 35.5. The van der Waals surface area contributed by atoms with Crippen LogP contribution in [0.2, 0.25) is 5.02 Å². The van der Waals surface area contributed by atoms with Crippen molar-refractivity contribution in [3.05, 3.63) is 22.7 Å². The number of phenolic OH excluding ortho intramolecular Hbond substituents is 1. The highest BCUT2D eigenvalue weighted by Gasteiger charge is 2.53. The van der Waals surface area contributed by atoms with Gasteiger partial charge in [0.15, 0.2) is 11.5 Å². The van der Waals surface area contributed by atoms with Crippen LogP contribution in [0.25, 0.3) is 0 Å². The first-order valence-electron chi connectivity index (χ1n) is 4.81. The van der Waals surface area contributed by atoms with E-state index >= 15 is 0 Å². The van der Waals surface area contributed by atoms with Crippen LogP contribution in [0.3, 0.4) is 0 Å². The zero-order chi connectivity index (χ0) is 11.9. The van der Waals surface area contributed by atoms with Gasteiger partial charge in [0.25, 0.3) is 0 Å². The summed E-state index contributed by atoms with van der Waals surface area (Å²) in [6.45, 7) is 0. The molecule has 0 radical (unpaired) electrons. The lowest BCUT2D eigenvalue weighted by atomic mass is 9.95. The quantitative estimate of drug-likeness (QED) is 0.853. The molecule has 0 aliphatic heterocycles. The summed E-state index contributed by atoms with van der Waals surface area (Å²) >= 11 is 5.86. The van der Waals surface area contributed by atoms with Crippen molar-refractivity contribution in [3.63, 3.8) is 0 Å². The predicted octanol–water partition coefficient (Wildman–Crippen LogP) is 2.17. The van der Waals surface area contributed by atoms with Crippen molar-refractivity contribution in [3.8, 4) is 11.5 Å². The lowest BCUT2D eigenvalue weighted by Gasteiger charge is -2.15. The number of methoxy groups -OCH3 is 1. The Morgan fingerprint density at radius 1 is 1.50 bits per heavy atom. The van der Waals surface area contributed by atoms with Crippen molar-refractivity contribution < 1.29 is 19.7 Å². The average molecular weight is 243 g/mol. The van der Waals surface area contributed by atoms with E-state index in [0.717, 1.165) is 0 Å². The minimum absolute atomic E-state index is 0.133. The Labute approximate surface area is 97.4 Å². The van der Waals surface area contributed by atoms with Crippen LogP contribution in [0.5, 0.6) is 11.5 Å². The number of carboxylic acids is 1. The first-order valence-corrected chi connectivity index (χ1v) is 5.19. The van der Waals surface area contributed by atoms with Gasteiger partial charge in [-0.15, -0.1) is 0 Å². The first-order chi connectivity index (χ1) is 7.51. The van der Waals surface area contributed by atoms with E-state index in [-0.39, 0.29) is 11.5 Å². The Balaban J connectivity index is 2.57. The van der Waals surface area contributed by atoms with Crippen molar-refractivity contribution in [2.45, 2.75) is 18.3 Å². The van der Waals surface area contributed by atoms with E-state index in [2.05, 4.69) is 0 Å². The second-order valence-electron chi connectivity index (χ2n) is 3.89. The van der Waals surface area contributed by atoms with Gasteiger partial charge in [-0.1, -0.05) is 11.6 Å². The number of hydrogen-bond acceptors (Lipinski definition) is 3. The molecule has 1 aromatic rings. The van der Waals surface area contributed by atoms with Gasteiger partial charge in [-0.2, -0.15) is 0 Å². The van der Waals surface area contributed by atoms with Gasteiger partial charge in [0, 0.05) is 16.7 Å². The molecule has 1 saturated carbocycles. The van der Waals surface area contributed by atoms with E-state index in [0.29, 0.717) is 23.4 Å². The molecule has 0 aromatic heterocycles. The molecule has 1 aliphatic rings. The van der Waals surface area contributed by atoms with Crippen molar-refractivity contribution in [2.24, 2.45) is 0 Å². The third-order valence-electron chi connectivity index (χ3n) is 2.93. The zero-order valence-electron chi connectivity index (χ0n) is 8.66. The van der Waals surface area contributed by atoms with Gasteiger partial charge in [-0.25, -0.2) is 0 Å². The Hall–Kier alpha value is -1.42. The number of aromatic hydroxyl groups is 1. The molecule has 1 fully saturated rings. The fourth-order valence-corrected chi connectivity index (χ4v) is 2.03. The molecule has 0 unspecified atom stereocenters. The topological polar surface area (TPSA) is 66.8 Å². The number of hydrogen-bond donors (Lipinski definition) is 2. The van der Waals surface area contributed by atoms with Gasteiger partial charge in [0.1, 0.15) is 0 Å². The molecule has 86 valence electrons. The maximum Gasteiger partial charge on any atom is 0.314 e. The minimum Gasteiger partial charge on any atom is -0.504 e. The SMILES string of the molecule is COc1cc(Cl)cc(C2(C(=O)O)CC2)c1O. The lowest BCUT2D eigenvalue weighted by molar-refractivity contribution is -0.140. The summed E-state index contributed by atoms with van der Waals surface area (Å²) in [5.41, 5.74) is -0.647. The summed E-state index contributed by atoms with van der Waals surface area (Å²) in [5.74, 6) is -0.867. The second-order valence-corrected chi connectivity index (χ2v) is 4.33. The van der Waals surface area contributed by atoms with E-state index in [9.17, 15) is 9.90 Å². The number of phenols is 1. The fraction of sp³-hybridized carbons (Fsp3) is 0.364. The van der Waals surface area contributed by atoms with Crippen molar-refractivity contribution in [2.75, 3.05) is 7.11 Å². The van der Waals surface area contributed by atoms with Crippen LogP contribution in [0.1, 0.15) is 18.4 Å². The number of benzene rings is 1. The highest BCUT2D eigenvalue weighted by molar-refractivity contribution is 6.31. The minimum atomic E-state index is -0.984. The summed E-state index contributed by atoms with van der Waals surface area (Å²) in [6.07, 6.45) is 1.03. The van der Waals surface area contributed by atoms with Gasteiger partial charge < -0.3 is 14.9 Å². The number of halogens is 1. The van der Waals surface area contributed by atoms with E-state index in [1.54, 1.807) is 0 Å². The van der Waals surface area contributed by atoms with Crippen molar-refractivity contribution in [1.29, 1.82) is 0 Å². The molecule has 2 N–H and O–H groups in total. The van der Waals surface area contributed by atoms with Gasteiger partial charge in [-0.05, 0) is 18.9 Å². The van der Waals surface area contributed by atoms with Crippen LogP contribution in [0.15, 0.2) is 12.1 Å². The number of rotatable bonds is 3. The van der Waals surface area contributed by atoms with E-state index in [1.165, 1.54) is 19.2 Å². The Bertz CT molecular complexity index is 452. The Kier molecular flexibility index (Phi) is 2.46. The molecule has 4 nitrogen and oxygen atoms in total. The average Bonchev–Trinajstić information content (AvgIpc) is 3.02. The third-order valence-corrected chi connectivity index (χ3v) is 3.15. The smallest absolute Gasteiger partial charge is 0.314 e. The summed E-state index contributed by atoms with van der Waals surface area (Å²) in [4.78, 5) is 11.2. The van der Waals surface area contributed by atoms with Gasteiger partial charge >= 0.3 is 5.97 Å². The standard InChI is InChI=1S/C11H11ClO4/c1-16-8-5-6(12)4-7(9(8)13)11(2-3-11)10(14)15/h4-5,13H,2-3H2,1H3,(H,14,15). The van der Waals surface area contributed by atoms with E-state index in [4.69, 9.17) is 21.4 Å². The van der Waals surface area contributed by atoms with Crippen LogP contribution in [0, 0.1) is 0 Å². The van der Waals surface area contributed by atoms with Crippen LogP contribution in [-0.4, -0.2) is 23.3 Å². The highest BCUT2D eigenvalue weighted by Crippen LogP contribution is 2.53. The molecule has 0 amide bonds. The van der Waals surface area contributed by atoms with Crippen LogP contribution in [-0.2, 0) is 10.2 Å². The summed E-state index contributed by atoms with van der Waals surface area (Å²) in [5, 5.41) is 19.4. The van der Waals surface area contributed by atoms with E-state index < -0.39 is 11.4 Å². The molecule has 1 aliphatic carbocycles. The van der Waals surface area contributed by atoms with Crippen molar-refractivity contribution in [1.82, 2.24) is 0 Å². The molecule has 0 saturated heterocycles. The zero-order valence-corrected chi connectivity index (χ0v) is 9.41. The molecule has 5 heteroatoms. The molecule has 0 atom stereocenters. The molecule has 0 spiro atoms. The number of aliphatic carboxylic acids is 1. The maximum atomic E-state index is 11.2. The van der Waals surface area contributed by atoms with Gasteiger partial charge in [-0.3, -0.25) is 4.79 Å².